The zero-order chi connectivity index (χ0) is 25.4. The monoisotopic (exact) mass is 503 g/mol. The topological polar surface area (TPSA) is 65.5 Å². The van der Waals surface area contributed by atoms with Crippen LogP contribution in [0.5, 0.6) is 0 Å². The van der Waals surface area contributed by atoms with Gasteiger partial charge in [-0.3, -0.25) is 0 Å². The van der Waals surface area contributed by atoms with Crippen LogP contribution in [0.4, 0.5) is 22.9 Å². The van der Waals surface area contributed by atoms with E-state index in [1.807, 2.05) is 31.3 Å². The fraction of sp³-hybridized carbons (Fsp3) is 0.400. The Morgan fingerprint density at radius 3 is 2.42 bits per heavy atom. The van der Waals surface area contributed by atoms with E-state index in [0.29, 0.717) is 5.82 Å². The molecule has 1 heterocycles. The molecule has 188 valence electrons. The quantitative estimate of drug-likeness (QED) is 0.356. The van der Waals surface area contributed by atoms with E-state index in [-0.39, 0.29) is 11.0 Å². The Morgan fingerprint density at radius 1 is 1.08 bits per heavy atom. The molecular formula is C30H34ClN3O2. The number of fused-ring (bicyclic) bond motifs is 2. The largest absolute Gasteiger partial charge is 0.478 e. The molecule has 0 radical (unpaired) electrons. The zero-order valence-electron chi connectivity index (χ0n) is 21.2. The standard InChI is InChI=1S/C30H34ClN3O2/c1-19-13-20-15-21(14-19)18-30(2,17-20)22-6-11-27(26(31)16-22)34(3)24-9-7-23(8-10-24)33-28-25(29(35)36)5-4-12-32-28/h4-12,16,19-21H,13-15,17-18H2,1-3H3,(H,32,33)(H,35,36). The third-order valence-electron chi connectivity index (χ3n) is 8.18. The lowest BCUT2D eigenvalue weighted by atomic mass is 9.57. The minimum absolute atomic E-state index is 0.135. The fourth-order valence-electron chi connectivity index (χ4n) is 6.70. The van der Waals surface area contributed by atoms with E-state index in [4.69, 9.17) is 11.6 Å². The normalized spacial score (nSPS) is 25.3. The van der Waals surface area contributed by atoms with Gasteiger partial charge in [0.05, 0.1) is 10.7 Å². The van der Waals surface area contributed by atoms with Crippen molar-refractivity contribution in [1.29, 1.82) is 0 Å². The number of benzene rings is 2. The molecular weight excluding hydrogens is 470 g/mol. The summed E-state index contributed by atoms with van der Waals surface area (Å²) in [6.45, 7) is 4.85. The first-order valence-electron chi connectivity index (χ1n) is 12.8. The van der Waals surface area contributed by atoms with Crippen molar-refractivity contribution in [2.75, 3.05) is 17.3 Å². The van der Waals surface area contributed by atoms with E-state index in [0.717, 1.165) is 39.8 Å². The Labute approximate surface area is 218 Å². The van der Waals surface area contributed by atoms with E-state index in [9.17, 15) is 9.90 Å². The van der Waals surface area contributed by atoms with Crippen molar-refractivity contribution >= 4 is 40.5 Å². The molecule has 2 aliphatic rings. The Balaban J connectivity index is 1.32. The van der Waals surface area contributed by atoms with E-state index < -0.39 is 5.97 Å². The maximum absolute atomic E-state index is 11.5. The van der Waals surface area contributed by atoms with Gasteiger partial charge in [0.15, 0.2) is 0 Å². The van der Waals surface area contributed by atoms with Gasteiger partial charge in [-0.1, -0.05) is 31.5 Å². The maximum atomic E-state index is 11.5. The SMILES string of the molecule is CC1CC2CC(C1)CC(C)(c1ccc(N(C)c3ccc(Nc4ncccc4C(=O)O)cc3)c(Cl)c1)C2. The van der Waals surface area contributed by atoms with Gasteiger partial charge < -0.3 is 15.3 Å². The summed E-state index contributed by atoms with van der Waals surface area (Å²) in [7, 11) is 2.01. The van der Waals surface area contributed by atoms with Crippen LogP contribution in [0.1, 0.15) is 61.9 Å². The minimum atomic E-state index is -1.01. The second-order valence-corrected chi connectivity index (χ2v) is 11.5. The highest BCUT2D eigenvalue weighted by Gasteiger charge is 2.42. The van der Waals surface area contributed by atoms with Gasteiger partial charge in [-0.25, -0.2) is 9.78 Å². The predicted molar refractivity (Wildman–Crippen MR) is 147 cm³/mol. The molecule has 2 N–H and O–H groups in total. The lowest BCUT2D eigenvalue weighted by molar-refractivity contribution is 0.0697. The maximum Gasteiger partial charge on any atom is 0.339 e. The van der Waals surface area contributed by atoms with Gasteiger partial charge in [0.1, 0.15) is 11.4 Å². The number of nitrogens with one attached hydrogen (secondary N) is 1. The Bertz CT molecular complexity index is 1240. The summed E-state index contributed by atoms with van der Waals surface area (Å²) in [5, 5.41) is 13.3. The highest BCUT2D eigenvalue weighted by molar-refractivity contribution is 6.33. The van der Waals surface area contributed by atoms with Gasteiger partial charge in [-0.05, 0) is 109 Å². The molecule has 2 bridgehead atoms. The number of nitrogens with zero attached hydrogens (tertiary/aromatic N) is 2. The summed E-state index contributed by atoms with van der Waals surface area (Å²) < 4.78 is 0. The summed E-state index contributed by atoms with van der Waals surface area (Å²) in [6, 6.07) is 17.6. The van der Waals surface area contributed by atoms with Crippen LogP contribution < -0.4 is 10.2 Å². The van der Waals surface area contributed by atoms with Crippen LogP contribution in [-0.4, -0.2) is 23.1 Å². The van der Waals surface area contributed by atoms with Crippen LogP contribution in [0, 0.1) is 17.8 Å². The van der Waals surface area contributed by atoms with Crippen molar-refractivity contribution in [3.63, 3.8) is 0 Å². The van der Waals surface area contributed by atoms with E-state index >= 15 is 0 Å². The Hall–Kier alpha value is -3.05. The van der Waals surface area contributed by atoms with Crippen LogP contribution in [0.25, 0.3) is 0 Å². The van der Waals surface area contributed by atoms with Gasteiger partial charge in [-0.2, -0.15) is 0 Å². The summed E-state index contributed by atoms with van der Waals surface area (Å²) in [4.78, 5) is 17.7. The molecule has 0 aliphatic heterocycles. The van der Waals surface area contributed by atoms with Crippen LogP contribution in [0.2, 0.25) is 5.02 Å². The average molecular weight is 504 g/mol. The number of hydrogen-bond acceptors (Lipinski definition) is 4. The highest BCUT2D eigenvalue weighted by atomic mass is 35.5. The van der Waals surface area contributed by atoms with Crippen molar-refractivity contribution in [1.82, 2.24) is 4.98 Å². The van der Waals surface area contributed by atoms with Gasteiger partial charge >= 0.3 is 5.97 Å². The molecule has 2 unspecified atom stereocenters. The van der Waals surface area contributed by atoms with Gasteiger partial charge in [-0.15, -0.1) is 0 Å². The number of carboxylic acid groups (broad SMARTS) is 1. The number of aromatic nitrogens is 1. The molecule has 2 aliphatic carbocycles. The number of pyridine rings is 1. The summed E-state index contributed by atoms with van der Waals surface area (Å²) in [5.41, 5.74) is 4.41. The van der Waals surface area contributed by atoms with Crippen molar-refractivity contribution in [3.05, 3.63) is 76.9 Å². The van der Waals surface area contributed by atoms with Gasteiger partial charge in [0.25, 0.3) is 0 Å². The molecule has 0 spiro atoms. The number of hydrogen-bond donors (Lipinski definition) is 2. The lowest BCUT2D eigenvalue weighted by Gasteiger charge is -2.47. The molecule has 5 rings (SSSR count). The van der Waals surface area contributed by atoms with Crippen molar-refractivity contribution in [2.45, 2.75) is 51.4 Å². The van der Waals surface area contributed by atoms with Crippen LogP contribution in [-0.2, 0) is 5.41 Å². The van der Waals surface area contributed by atoms with E-state index in [1.54, 1.807) is 12.3 Å². The molecule has 0 amide bonds. The molecule has 0 saturated heterocycles. The summed E-state index contributed by atoms with van der Waals surface area (Å²) in [6.07, 6.45) is 8.22. The fourth-order valence-corrected chi connectivity index (χ4v) is 7.01. The number of carbonyl (C=O) groups is 1. The van der Waals surface area contributed by atoms with Gasteiger partial charge in [0.2, 0.25) is 0 Å². The van der Waals surface area contributed by atoms with Crippen molar-refractivity contribution in [2.24, 2.45) is 17.8 Å². The molecule has 2 atom stereocenters. The molecule has 2 fully saturated rings. The number of anilines is 4. The number of halogens is 1. The molecule has 6 heteroatoms. The molecule has 2 saturated carbocycles. The smallest absolute Gasteiger partial charge is 0.339 e. The molecule has 36 heavy (non-hydrogen) atoms. The first kappa shape index (κ1) is 24.6. The van der Waals surface area contributed by atoms with Crippen LogP contribution in [0.3, 0.4) is 0 Å². The molecule has 1 aromatic heterocycles. The molecule has 2 aromatic carbocycles. The lowest BCUT2D eigenvalue weighted by Crippen LogP contribution is -2.38. The second kappa shape index (κ2) is 9.78. The summed E-state index contributed by atoms with van der Waals surface area (Å²) in [5.74, 6) is 1.84. The van der Waals surface area contributed by atoms with Crippen molar-refractivity contribution in [3.8, 4) is 0 Å². The first-order chi connectivity index (χ1) is 17.2. The van der Waals surface area contributed by atoms with E-state index in [1.165, 1.54) is 43.7 Å². The van der Waals surface area contributed by atoms with Crippen LogP contribution >= 0.6 is 11.6 Å². The highest BCUT2D eigenvalue weighted by Crippen LogP contribution is 2.52. The van der Waals surface area contributed by atoms with Crippen molar-refractivity contribution < 1.29 is 9.90 Å². The third-order valence-corrected chi connectivity index (χ3v) is 8.48. The second-order valence-electron chi connectivity index (χ2n) is 11.1. The van der Waals surface area contributed by atoms with Gasteiger partial charge in [0, 0.05) is 24.6 Å². The predicted octanol–water partition coefficient (Wildman–Crippen LogP) is 8.05. The summed E-state index contributed by atoms with van der Waals surface area (Å²) >= 11 is 6.87. The first-order valence-corrected chi connectivity index (χ1v) is 13.2. The number of rotatable bonds is 6. The minimum Gasteiger partial charge on any atom is -0.478 e. The Kier molecular flexibility index (Phi) is 6.69. The number of aromatic carboxylic acids is 1. The Morgan fingerprint density at radius 2 is 1.78 bits per heavy atom. The van der Waals surface area contributed by atoms with E-state index in [2.05, 4.69) is 47.2 Å². The average Bonchev–Trinajstić information content (AvgIpc) is 2.83. The van der Waals surface area contributed by atoms with Crippen LogP contribution in [0.15, 0.2) is 60.8 Å². The zero-order valence-corrected chi connectivity index (χ0v) is 21.9. The third kappa shape index (κ3) is 4.94. The number of carboxylic acids is 1. The molecule has 5 nitrogen and oxygen atoms in total. The molecule has 3 aromatic rings.